The lowest BCUT2D eigenvalue weighted by Gasteiger charge is -2.20. The van der Waals surface area contributed by atoms with Gasteiger partial charge in [-0.3, -0.25) is 9.59 Å². The summed E-state index contributed by atoms with van der Waals surface area (Å²) >= 11 is 0. The fraction of sp³-hybridized carbons (Fsp3) is 0.136. The fourth-order valence-corrected chi connectivity index (χ4v) is 2.75. The van der Waals surface area contributed by atoms with Crippen molar-refractivity contribution in [2.24, 2.45) is 0 Å². The molecule has 0 aliphatic heterocycles. The molecule has 1 heterocycles. The Morgan fingerprint density at radius 2 is 1.69 bits per heavy atom. The maximum absolute atomic E-state index is 13.8. The van der Waals surface area contributed by atoms with Crippen LogP contribution >= 0.6 is 0 Å². The van der Waals surface area contributed by atoms with Crippen LogP contribution in [0.1, 0.15) is 33.5 Å². The molecule has 0 atom stereocenters. The number of pyridine rings is 1. The van der Waals surface area contributed by atoms with E-state index in [1.807, 2.05) is 37.3 Å². The van der Waals surface area contributed by atoms with E-state index in [0.717, 1.165) is 17.7 Å². The van der Waals surface area contributed by atoms with E-state index in [0.29, 0.717) is 19.2 Å². The smallest absolute Gasteiger partial charge is 0.274 e. The van der Waals surface area contributed by atoms with Crippen LogP contribution in [0.5, 0.6) is 0 Å². The predicted molar refractivity (Wildman–Crippen MR) is 105 cm³/mol. The Labute approximate surface area is 167 Å². The van der Waals surface area contributed by atoms with Gasteiger partial charge in [-0.05, 0) is 36.8 Å². The number of anilines is 1. The second-order valence-corrected chi connectivity index (χ2v) is 6.29. The van der Waals surface area contributed by atoms with Gasteiger partial charge in [0, 0.05) is 19.2 Å². The summed E-state index contributed by atoms with van der Waals surface area (Å²) in [4.78, 5) is 31.0. The first-order valence-corrected chi connectivity index (χ1v) is 9.04. The van der Waals surface area contributed by atoms with Crippen molar-refractivity contribution in [3.63, 3.8) is 0 Å². The van der Waals surface area contributed by atoms with Crippen molar-refractivity contribution >= 4 is 17.5 Å². The van der Waals surface area contributed by atoms with Gasteiger partial charge >= 0.3 is 0 Å². The van der Waals surface area contributed by atoms with Crippen LogP contribution in [0.15, 0.2) is 66.7 Å². The summed E-state index contributed by atoms with van der Waals surface area (Å²) in [6.45, 7) is 2.73. The zero-order chi connectivity index (χ0) is 20.8. The first kappa shape index (κ1) is 20.1. The number of nitrogens with zero attached hydrogens (tertiary/aromatic N) is 2. The molecular weight excluding hydrogens is 376 g/mol. The summed E-state index contributed by atoms with van der Waals surface area (Å²) in [5.41, 5.74) is 0.864. The zero-order valence-corrected chi connectivity index (χ0v) is 15.7. The number of benzene rings is 2. The number of carbonyl (C=O) groups excluding carboxylic acids is 2. The molecule has 3 aromatic rings. The van der Waals surface area contributed by atoms with Gasteiger partial charge in [0.25, 0.3) is 11.8 Å². The minimum Gasteiger partial charge on any atom is -0.333 e. The lowest BCUT2D eigenvalue weighted by Crippen LogP contribution is -2.31. The van der Waals surface area contributed by atoms with E-state index in [4.69, 9.17) is 0 Å². The summed E-state index contributed by atoms with van der Waals surface area (Å²) in [7, 11) is 0. The number of hydrogen-bond donors (Lipinski definition) is 1. The molecule has 3 rings (SSSR count). The monoisotopic (exact) mass is 395 g/mol. The first-order chi connectivity index (χ1) is 14.0. The Bertz CT molecular complexity index is 1030. The van der Waals surface area contributed by atoms with Gasteiger partial charge in [0.15, 0.2) is 0 Å². The quantitative estimate of drug-likeness (QED) is 0.678. The summed E-state index contributed by atoms with van der Waals surface area (Å²) in [6.07, 6.45) is 0. The van der Waals surface area contributed by atoms with Crippen LogP contribution in [-0.2, 0) is 6.54 Å². The molecule has 0 bridgehead atoms. The van der Waals surface area contributed by atoms with Gasteiger partial charge in [0.2, 0.25) is 0 Å². The van der Waals surface area contributed by atoms with Crippen molar-refractivity contribution in [1.82, 2.24) is 9.88 Å². The third-order valence-electron chi connectivity index (χ3n) is 4.27. The average molecular weight is 395 g/mol. The number of nitrogens with one attached hydrogen (secondary N) is 1. The summed E-state index contributed by atoms with van der Waals surface area (Å²) in [6, 6.07) is 16.8. The maximum atomic E-state index is 13.8. The highest BCUT2D eigenvalue weighted by molar-refractivity contribution is 6.03. The first-order valence-electron chi connectivity index (χ1n) is 9.04. The normalized spacial score (nSPS) is 10.4. The van der Waals surface area contributed by atoms with Gasteiger partial charge in [0.05, 0.1) is 5.69 Å². The molecule has 2 amide bonds. The molecule has 7 heteroatoms. The van der Waals surface area contributed by atoms with E-state index in [2.05, 4.69) is 10.3 Å². The Balaban J connectivity index is 1.77. The van der Waals surface area contributed by atoms with Crippen molar-refractivity contribution in [1.29, 1.82) is 0 Å². The van der Waals surface area contributed by atoms with E-state index in [1.54, 1.807) is 4.90 Å². The maximum Gasteiger partial charge on any atom is 0.274 e. The third-order valence-corrected chi connectivity index (χ3v) is 4.27. The van der Waals surface area contributed by atoms with Crippen molar-refractivity contribution in [2.45, 2.75) is 13.5 Å². The molecule has 5 nitrogen and oxygen atoms in total. The molecule has 29 heavy (non-hydrogen) atoms. The molecule has 0 saturated carbocycles. The van der Waals surface area contributed by atoms with E-state index in [-0.39, 0.29) is 23.0 Å². The molecule has 0 aliphatic rings. The standard InChI is InChI=1S/C22H19F2N3O2/c1-2-27(14-15-7-4-3-5-8-15)22(29)20-10-6-9-19(25-20)21(28)26-18-12-11-16(23)13-17(18)24/h3-13H,2,14H2,1H3,(H,26,28). The molecule has 0 aliphatic carbocycles. The van der Waals surface area contributed by atoms with E-state index < -0.39 is 17.5 Å². The molecule has 0 fully saturated rings. The predicted octanol–water partition coefficient (Wildman–Crippen LogP) is 4.27. The van der Waals surface area contributed by atoms with E-state index >= 15 is 0 Å². The highest BCUT2D eigenvalue weighted by Gasteiger charge is 2.18. The van der Waals surface area contributed by atoms with Crippen LogP contribution in [0.2, 0.25) is 0 Å². The highest BCUT2D eigenvalue weighted by Crippen LogP contribution is 2.16. The van der Waals surface area contributed by atoms with Crippen LogP contribution < -0.4 is 5.32 Å². The number of aromatic nitrogens is 1. The molecule has 0 saturated heterocycles. The Hall–Kier alpha value is -3.61. The number of amides is 2. The van der Waals surface area contributed by atoms with Crippen LogP contribution in [-0.4, -0.2) is 28.2 Å². The fourth-order valence-electron chi connectivity index (χ4n) is 2.75. The molecule has 0 unspecified atom stereocenters. The highest BCUT2D eigenvalue weighted by atomic mass is 19.1. The van der Waals surface area contributed by atoms with Crippen molar-refractivity contribution in [3.05, 3.63) is 95.3 Å². The average Bonchev–Trinajstić information content (AvgIpc) is 2.74. The molecule has 2 aromatic carbocycles. The van der Waals surface area contributed by atoms with Crippen molar-refractivity contribution in [2.75, 3.05) is 11.9 Å². The molecular formula is C22H19F2N3O2. The Kier molecular flexibility index (Phi) is 6.29. The largest absolute Gasteiger partial charge is 0.333 e. The van der Waals surface area contributed by atoms with E-state index in [9.17, 15) is 18.4 Å². The lowest BCUT2D eigenvalue weighted by molar-refractivity contribution is 0.0746. The number of hydrogen-bond acceptors (Lipinski definition) is 3. The van der Waals surface area contributed by atoms with Gasteiger partial charge < -0.3 is 10.2 Å². The van der Waals surface area contributed by atoms with Crippen LogP contribution in [0.25, 0.3) is 0 Å². The second kappa shape index (κ2) is 9.05. The second-order valence-electron chi connectivity index (χ2n) is 6.29. The third kappa shape index (κ3) is 5.01. The van der Waals surface area contributed by atoms with E-state index in [1.165, 1.54) is 18.2 Å². The molecule has 1 aromatic heterocycles. The minimum absolute atomic E-state index is 0.0460. The minimum atomic E-state index is -0.898. The lowest BCUT2D eigenvalue weighted by atomic mass is 10.2. The van der Waals surface area contributed by atoms with Gasteiger partial charge in [0.1, 0.15) is 23.0 Å². The molecule has 0 radical (unpaired) electrons. The van der Waals surface area contributed by atoms with Crippen molar-refractivity contribution in [3.8, 4) is 0 Å². The van der Waals surface area contributed by atoms with Gasteiger partial charge in [-0.1, -0.05) is 36.4 Å². The van der Waals surface area contributed by atoms with Gasteiger partial charge in [-0.2, -0.15) is 0 Å². The summed E-state index contributed by atoms with van der Waals surface area (Å²) < 4.78 is 26.8. The number of rotatable bonds is 6. The summed E-state index contributed by atoms with van der Waals surface area (Å²) in [5.74, 6) is -2.66. The number of carbonyl (C=O) groups is 2. The van der Waals surface area contributed by atoms with Crippen LogP contribution in [0, 0.1) is 11.6 Å². The molecule has 1 N–H and O–H groups in total. The van der Waals surface area contributed by atoms with Crippen LogP contribution in [0.4, 0.5) is 14.5 Å². The number of halogens is 2. The topological polar surface area (TPSA) is 62.3 Å². The molecule has 0 spiro atoms. The SMILES string of the molecule is CCN(Cc1ccccc1)C(=O)c1cccc(C(=O)Nc2ccc(F)cc2F)n1. The Morgan fingerprint density at radius 1 is 0.966 bits per heavy atom. The Morgan fingerprint density at radius 3 is 2.38 bits per heavy atom. The zero-order valence-electron chi connectivity index (χ0n) is 15.7. The van der Waals surface area contributed by atoms with Crippen molar-refractivity contribution < 1.29 is 18.4 Å². The molecule has 148 valence electrons. The van der Waals surface area contributed by atoms with Crippen LogP contribution in [0.3, 0.4) is 0 Å². The summed E-state index contributed by atoms with van der Waals surface area (Å²) in [5, 5.41) is 2.33. The van der Waals surface area contributed by atoms with Gasteiger partial charge in [-0.25, -0.2) is 13.8 Å². The van der Waals surface area contributed by atoms with Gasteiger partial charge in [-0.15, -0.1) is 0 Å².